The van der Waals surface area contributed by atoms with Gasteiger partial charge in [-0.2, -0.15) is 0 Å². The molecule has 0 aliphatic carbocycles. The molecule has 0 radical (unpaired) electrons. The minimum Gasteiger partial charge on any atom is -0.326 e. The van der Waals surface area contributed by atoms with Crippen LogP contribution in [-0.4, -0.2) is 16.8 Å². The lowest BCUT2D eigenvalue weighted by atomic mass is 10.1. The highest BCUT2D eigenvalue weighted by Gasteiger charge is 2.08. The molecule has 6 heteroatoms. The summed E-state index contributed by atoms with van der Waals surface area (Å²) in [5.41, 5.74) is 2.58. The number of rotatable bonds is 3. The zero-order valence-corrected chi connectivity index (χ0v) is 13.2. The molecular weight excluding hydrogens is 334 g/mol. The van der Waals surface area contributed by atoms with E-state index in [1.165, 1.54) is 6.92 Å². The first kappa shape index (κ1) is 15.2. The standard InChI is InChI=1S/C15H14BrN3O2/c1-9-7-12(4-6-13(9)18-10(2)20)19-15(21)14-5-3-11(16)8-17-14/h3-8H,1-2H3,(H,18,20)(H,19,21). The second-order valence-electron chi connectivity index (χ2n) is 4.53. The lowest BCUT2D eigenvalue weighted by molar-refractivity contribution is -0.114. The van der Waals surface area contributed by atoms with E-state index in [0.29, 0.717) is 11.4 Å². The molecule has 0 spiro atoms. The first-order chi connectivity index (χ1) is 9.95. The van der Waals surface area contributed by atoms with Crippen LogP contribution in [0.4, 0.5) is 11.4 Å². The van der Waals surface area contributed by atoms with E-state index in [2.05, 4.69) is 31.5 Å². The first-order valence-electron chi connectivity index (χ1n) is 6.27. The molecule has 2 N–H and O–H groups in total. The minimum atomic E-state index is -0.283. The van der Waals surface area contributed by atoms with Crippen LogP contribution in [0.15, 0.2) is 41.0 Å². The maximum atomic E-state index is 12.0. The van der Waals surface area contributed by atoms with Gasteiger partial charge in [0.25, 0.3) is 5.91 Å². The molecule has 0 aliphatic heterocycles. The Labute approximate surface area is 130 Å². The lowest BCUT2D eigenvalue weighted by Crippen LogP contribution is -2.14. The maximum absolute atomic E-state index is 12.0. The fourth-order valence-electron chi connectivity index (χ4n) is 1.78. The molecule has 1 heterocycles. The van der Waals surface area contributed by atoms with E-state index in [1.807, 2.05) is 6.92 Å². The molecule has 5 nitrogen and oxygen atoms in total. The number of amides is 2. The molecule has 108 valence electrons. The number of carbonyl (C=O) groups is 2. The summed E-state index contributed by atoms with van der Waals surface area (Å²) in [5, 5.41) is 5.49. The summed E-state index contributed by atoms with van der Waals surface area (Å²) in [6.45, 7) is 3.31. The Hall–Kier alpha value is -2.21. The van der Waals surface area contributed by atoms with Gasteiger partial charge in [0.05, 0.1) is 0 Å². The highest BCUT2D eigenvalue weighted by Crippen LogP contribution is 2.20. The third-order valence-electron chi connectivity index (χ3n) is 2.76. The van der Waals surface area contributed by atoms with Gasteiger partial charge in [0, 0.05) is 29.0 Å². The van der Waals surface area contributed by atoms with Crippen LogP contribution >= 0.6 is 15.9 Å². The summed E-state index contributed by atoms with van der Waals surface area (Å²) < 4.78 is 0.814. The number of aromatic nitrogens is 1. The Morgan fingerprint density at radius 3 is 2.48 bits per heavy atom. The van der Waals surface area contributed by atoms with Gasteiger partial charge >= 0.3 is 0 Å². The highest BCUT2D eigenvalue weighted by atomic mass is 79.9. The van der Waals surface area contributed by atoms with E-state index in [4.69, 9.17) is 0 Å². The van der Waals surface area contributed by atoms with E-state index in [-0.39, 0.29) is 11.8 Å². The number of halogens is 1. The number of benzene rings is 1. The molecule has 0 saturated carbocycles. The Morgan fingerprint density at radius 2 is 1.90 bits per heavy atom. The van der Waals surface area contributed by atoms with E-state index < -0.39 is 0 Å². The number of pyridine rings is 1. The SMILES string of the molecule is CC(=O)Nc1ccc(NC(=O)c2ccc(Br)cn2)cc1C. The van der Waals surface area contributed by atoms with E-state index in [9.17, 15) is 9.59 Å². The Bertz CT molecular complexity index is 684. The molecule has 2 aromatic rings. The molecule has 1 aromatic heterocycles. The van der Waals surface area contributed by atoms with Crippen LogP contribution in [-0.2, 0) is 4.79 Å². The van der Waals surface area contributed by atoms with Crippen molar-refractivity contribution in [2.24, 2.45) is 0 Å². The molecule has 1 aromatic carbocycles. The quantitative estimate of drug-likeness (QED) is 0.894. The summed E-state index contributed by atoms with van der Waals surface area (Å²) in [6, 6.07) is 8.67. The number of nitrogens with one attached hydrogen (secondary N) is 2. The normalized spacial score (nSPS) is 10.0. The van der Waals surface area contributed by atoms with Crippen LogP contribution in [0.5, 0.6) is 0 Å². The third kappa shape index (κ3) is 4.13. The van der Waals surface area contributed by atoms with Gasteiger partial charge in [-0.3, -0.25) is 9.59 Å². The van der Waals surface area contributed by atoms with Crippen LogP contribution in [0.2, 0.25) is 0 Å². The Kier molecular flexibility index (Phi) is 4.70. The van der Waals surface area contributed by atoms with E-state index in [0.717, 1.165) is 15.7 Å². The molecule has 0 atom stereocenters. The molecule has 2 rings (SSSR count). The van der Waals surface area contributed by atoms with Gasteiger partial charge in [0.15, 0.2) is 0 Å². The summed E-state index contributed by atoms with van der Waals surface area (Å²) >= 11 is 3.27. The summed E-state index contributed by atoms with van der Waals surface area (Å²) in [5.74, 6) is -0.414. The number of hydrogen-bond acceptors (Lipinski definition) is 3. The van der Waals surface area contributed by atoms with Crippen molar-refractivity contribution in [2.45, 2.75) is 13.8 Å². The summed E-state index contributed by atoms with van der Waals surface area (Å²) in [4.78, 5) is 27.1. The fourth-order valence-corrected chi connectivity index (χ4v) is 2.01. The van der Waals surface area contributed by atoms with Gasteiger partial charge in [-0.25, -0.2) is 4.98 Å². The molecular formula is C15H14BrN3O2. The van der Waals surface area contributed by atoms with Crippen molar-refractivity contribution in [3.63, 3.8) is 0 Å². The zero-order chi connectivity index (χ0) is 15.4. The number of anilines is 2. The topological polar surface area (TPSA) is 71.1 Å². The molecule has 2 amide bonds. The largest absolute Gasteiger partial charge is 0.326 e. The predicted octanol–water partition coefficient (Wildman–Crippen LogP) is 3.36. The number of carbonyl (C=O) groups excluding carboxylic acids is 2. The van der Waals surface area contributed by atoms with Crippen molar-refractivity contribution in [2.75, 3.05) is 10.6 Å². The molecule has 0 saturated heterocycles. The van der Waals surface area contributed by atoms with Gasteiger partial charge in [-0.15, -0.1) is 0 Å². The first-order valence-corrected chi connectivity index (χ1v) is 7.06. The molecule has 0 unspecified atom stereocenters. The lowest BCUT2D eigenvalue weighted by Gasteiger charge is -2.10. The van der Waals surface area contributed by atoms with Crippen LogP contribution in [0.1, 0.15) is 23.0 Å². The zero-order valence-electron chi connectivity index (χ0n) is 11.6. The van der Waals surface area contributed by atoms with Crippen LogP contribution in [0, 0.1) is 6.92 Å². The molecule has 0 fully saturated rings. The summed E-state index contributed by atoms with van der Waals surface area (Å²) in [7, 11) is 0. The fraction of sp³-hybridized carbons (Fsp3) is 0.133. The van der Waals surface area contributed by atoms with Gasteiger partial charge in [-0.1, -0.05) is 0 Å². The Morgan fingerprint density at radius 1 is 1.14 bits per heavy atom. The Balaban J connectivity index is 2.12. The van der Waals surface area contributed by atoms with Crippen molar-refractivity contribution in [3.05, 3.63) is 52.3 Å². The third-order valence-corrected chi connectivity index (χ3v) is 3.22. The number of hydrogen-bond donors (Lipinski definition) is 2. The highest BCUT2D eigenvalue weighted by molar-refractivity contribution is 9.10. The van der Waals surface area contributed by atoms with Gasteiger partial charge < -0.3 is 10.6 Å². The molecule has 0 bridgehead atoms. The predicted molar refractivity (Wildman–Crippen MR) is 85.4 cm³/mol. The maximum Gasteiger partial charge on any atom is 0.274 e. The van der Waals surface area contributed by atoms with Crippen LogP contribution in [0.25, 0.3) is 0 Å². The molecule has 0 aliphatic rings. The number of aryl methyl sites for hydroxylation is 1. The average Bonchev–Trinajstić information content (AvgIpc) is 2.42. The average molecular weight is 348 g/mol. The van der Waals surface area contributed by atoms with E-state index >= 15 is 0 Å². The van der Waals surface area contributed by atoms with E-state index in [1.54, 1.807) is 36.5 Å². The van der Waals surface area contributed by atoms with Crippen LogP contribution in [0.3, 0.4) is 0 Å². The van der Waals surface area contributed by atoms with Gasteiger partial charge in [-0.05, 0) is 58.7 Å². The van der Waals surface area contributed by atoms with Crippen molar-refractivity contribution in [1.82, 2.24) is 4.98 Å². The van der Waals surface area contributed by atoms with Crippen molar-refractivity contribution in [1.29, 1.82) is 0 Å². The summed E-state index contributed by atoms with van der Waals surface area (Å²) in [6.07, 6.45) is 1.57. The number of nitrogens with zero attached hydrogens (tertiary/aromatic N) is 1. The minimum absolute atomic E-state index is 0.131. The molecule has 21 heavy (non-hydrogen) atoms. The van der Waals surface area contributed by atoms with Crippen LogP contribution < -0.4 is 10.6 Å². The second kappa shape index (κ2) is 6.49. The smallest absolute Gasteiger partial charge is 0.274 e. The van der Waals surface area contributed by atoms with Crippen molar-refractivity contribution < 1.29 is 9.59 Å². The second-order valence-corrected chi connectivity index (χ2v) is 5.44. The van der Waals surface area contributed by atoms with Gasteiger partial charge in [0.1, 0.15) is 5.69 Å². The van der Waals surface area contributed by atoms with Crippen molar-refractivity contribution in [3.8, 4) is 0 Å². The van der Waals surface area contributed by atoms with Gasteiger partial charge in [0.2, 0.25) is 5.91 Å². The monoisotopic (exact) mass is 347 g/mol. The van der Waals surface area contributed by atoms with Crippen molar-refractivity contribution >= 4 is 39.1 Å².